The summed E-state index contributed by atoms with van der Waals surface area (Å²) < 4.78 is 0. The highest BCUT2D eigenvalue weighted by Gasteiger charge is 2.15. The van der Waals surface area contributed by atoms with Crippen molar-refractivity contribution < 1.29 is 9.90 Å². The van der Waals surface area contributed by atoms with Crippen molar-refractivity contribution in [3.8, 4) is 0 Å². The number of aliphatic hydroxyl groups is 1. The Labute approximate surface area is 159 Å². The third-order valence-electron chi connectivity index (χ3n) is 4.42. The van der Waals surface area contributed by atoms with E-state index in [1.165, 1.54) is 0 Å². The molecule has 0 aliphatic heterocycles. The summed E-state index contributed by atoms with van der Waals surface area (Å²) >= 11 is 0. The summed E-state index contributed by atoms with van der Waals surface area (Å²) in [6.45, 7) is 4.43. The molecule has 27 heavy (non-hydrogen) atoms. The molecular formula is C22H23N3O2. The Morgan fingerprint density at radius 2 is 1.74 bits per heavy atom. The third-order valence-corrected chi connectivity index (χ3v) is 4.42. The normalized spacial score (nSPS) is 11.2. The SMILES string of the molecule is Cc1nc2ccc(C(=O)N(CC=Cc3ccccc3)CCO)cc2nc1C. The maximum atomic E-state index is 12.9. The highest BCUT2D eigenvalue weighted by molar-refractivity contribution is 5.97. The Morgan fingerprint density at radius 3 is 2.44 bits per heavy atom. The van der Waals surface area contributed by atoms with Crippen LogP contribution in [-0.4, -0.2) is 45.6 Å². The van der Waals surface area contributed by atoms with Crippen molar-refractivity contribution in [1.82, 2.24) is 14.9 Å². The molecule has 0 saturated carbocycles. The van der Waals surface area contributed by atoms with Gasteiger partial charge in [0, 0.05) is 18.7 Å². The molecule has 3 rings (SSSR count). The minimum atomic E-state index is -0.135. The van der Waals surface area contributed by atoms with Crippen LogP contribution >= 0.6 is 0 Å². The summed E-state index contributed by atoms with van der Waals surface area (Å²) in [5.41, 5.74) is 4.82. The molecule has 5 heteroatoms. The summed E-state index contributed by atoms with van der Waals surface area (Å²) in [7, 11) is 0. The molecular weight excluding hydrogens is 338 g/mol. The Bertz CT molecular complexity index is 968. The zero-order valence-electron chi connectivity index (χ0n) is 15.6. The van der Waals surface area contributed by atoms with Gasteiger partial charge in [-0.25, -0.2) is 9.97 Å². The van der Waals surface area contributed by atoms with Crippen LogP contribution in [0.15, 0.2) is 54.6 Å². The van der Waals surface area contributed by atoms with Crippen molar-refractivity contribution in [2.45, 2.75) is 13.8 Å². The lowest BCUT2D eigenvalue weighted by molar-refractivity contribution is 0.0743. The van der Waals surface area contributed by atoms with Crippen LogP contribution in [0.3, 0.4) is 0 Å². The van der Waals surface area contributed by atoms with Crippen LogP contribution < -0.4 is 0 Å². The van der Waals surface area contributed by atoms with E-state index < -0.39 is 0 Å². The number of carbonyl (C=O) groups excluding carboxylic acids is 1. The average Bonchev–Trinajstić information content (AvgIpc) is 2.68. The number of rotatable bonds is 6. The molecule has 0 spiro atoms. The monoisotopic (exact) mass is 361 g/mol. The molecule has 2 aromatic carbocycles. The van der Waals surface area contributed by atoms with Crippen LogP contribution in [-0.2, 0) is 0 Å². The van der Waals surface area contributed by atoms with Gasteiger partial charge in [0.05, 0.1) is 29.0 Å². The molecule has 1 N–H and O–H groups in total. The van der Waals surface area contributed by atoms with E-state index in [-0.39, 0.29) is 19.1 Å². The fraction of sp³-hybridized carbons (Fsp3) is 0.227. The second-order valence-electron chi connectivity index (χ2n) is 6.39. The quantitative estimate of drug-likeness (QED) is 0.731. The molecule has 138 valence electrons. The molecule has 0 saturated heterocycles. The van der Waals surface area contributed by atoms with Crippen molar-refractivity contribution in [2.75, 3.05) is 19.7 Å². The number of amides is 1. The largest absolute Gasteiger partial charge is 0.395 e. The maximum Gasteiger partial charge on any atom is 0.254 e. The Hall–Kier alpha value is -3.05. The van der Waals surface area contributed by atoms with E-state index in [1.54, 1.807) is 17.0 Å². The first-order valence-corrected chi connectivity index (χ1v) is 8.95. The van der Waals surface area contributed by atoms with Crippen LogP contribution in [0.25, 0.3) is 17.1 Å². The molecule has 0 aliphatic carbocycles. The molecule has 0 fully saturated rings. The van der Waals surface area contributed by atoms with Crippen molar-refractivity contribution >= 4 is 23.0 Å². The van der Waals surface area contributed by atoms with Gasteiger partial charge in [-0.1, -0.05) is 42.5 Å². The Kier molecular flexibility index (Phi) is 5.94. The lowest BCUT2D eigenvalue weighted by atomic mass is 10.1. The number of fused-ring (bicyclic) bond motifs is 1. The van der Waals surface area contributed by atoms with E-state index in [2.05, 4.69) is 9.97 Å². The van der Waals surface area contributed by atoms with Gasteiger partial charge in [-0.2, -0.15) is 0 Å². The number of aromatic nitrogens is 2. The highest BCUT2D eigenvalue weighted by atomic mass is 16.3. The summed E-state index contributed by atoms with van der Waals surface area (Å²) in [6.07, 6.45) is 3.90. The minimum absolute atomic E-state index is 0.0867. The van der Waals surface area contributed by atoms with Crippen molar-refractivity contribution in [1.29, 1.82) is 0 Å². The zero-order chi connectivity index (χ0) is 19.2. The van der Waals surface area contributed by atoms with Crippen LogP contribution in [0.2, 0.25) is 0 Å². The number of aliphatic hydroxyl groups excluding tert-OH is 1. The first-order chi connectivity index (χ1) is 13.1. The predicted molar refractivity (Wildman–Crippen MR) is 107 cm³/mol. The standard InChI is InChI=1S/C22H23N3O2/c1-16-17(2)24-21-15-19(10-11-20(21)23-16)22(27)25(13-14-26)12-6-9-18-7-4-3-5-8-18/h3-11,15,26H,12-14H2,1-2H3. The molecule has 1 heterocycles. The van der Waals surface area contributed by atoms with Gasteiger partial charge in [-0.15, -0.1) is 0 Å². The van der Waals surface area contributed by atoms with Crippen molar-refractivity contribution in [2.24, 2.45) is 0 Å². The fourth-order valence-electron chi connectivity index (χ4n) is 2.82. The second-order valence-corrected chi connectivity index (χ2v) is 6.39. The Balaban J connectivity index is 1.80. The van der Waals surface area contributed by atoms with Gasteiger partial charge in [-0.05, 0) is 37.6 Å². The molecule has 0 radical (unpaired) electrons. The average molecular weight is 361 g/mol. The highest BCUT2D eigenvalue weighted by Crippen LogP contribution is 2.16. The fourth-order valence-corrected chi connectivity index (χ4v) is 2.82. The summed E-state index contributed by atoms with van der Waals surface area (Å²) in [6, 6.07) is 15.2. The number of aryl methyl sites for hydroxylation is 2. The minimum Gasteiger partial charge on any atom is -0.395 e. The van der Waals surface area contributed by atoms with Gasteiger partial charge >= 0.3 is 0 Å². The van der Waals surface area contributed by atoms with Crippen molar-refractivity contribution in [3.05, 3.63) is 77.1 Å². The number of nitrogens with zero attached hydrogens (tertiary/aromatic N) is 3. The molecule has 3 aromatic rings. The van der Waals surface area contributed by atoms with Gasteiger partial charge < -0.3 is 10.0 Å². The van der Waals surface area contributed by atoms with E-state index in [9.17, 15) is 9.90 Å². The molecule has 1 aromatic heterocycles. The van der Waals surface area contributed by atoms with Crippen LogP contribution in [0.1, 0.15) is 27.3 Å². The third kappa shape index (κ3) is 4.57. The van der Waals surface area contributed by atoms with Gasteiger partial charge in [0.2, 0.25) is 0 Å². The van der Waals surface area contributed by atoms with Gasteiger partial charge in [0.1, 0.15) is 0 Å². The molecule has 1 amide bonds. The number of hydrogen-bond acceptors (Lipinski definition) is 4. The van der Waals surface area contributed by atoms with E-state index in [4.69, 9.17) is 0 Å². The van der Waals surface area contributed by atoms with E-state index in [1.807, 2.05) is 62.4 Å². The van der Waals surface area contributed by atoms with Crippen LogP contribution in [0, 0.1) is 13.8 Å². The second kappa shape index (κ2) is 8.56. The van der Waals surface area contributed by atoms with Crippen LogP contribution in [0.5, 0.6) is 0 Å². The predicted octanol–water partition coefficient (Wildman–Crippen LogP) is 3.39. The molecule has 0 unspecified atom stereocenters. The number of benzene rings is 2. The van der Waals surface area contributed by atoms with E-state index >= 15 is 0 Å². The van der Waals surface area contributed by atoms with E-state index in [0.717, 1.165) is 22.5 Å². The number of carbonyl (C=O) groups is 1. The summed E-state index contributed by atoms with van der Waals surface area (Å²) in [5, 5.41) is 9.35. The number of hydrogen-bond donors (Lipinski definition) is 1. The smallest absolute Gasteiger partial charge is 0.254 e. The zero-order valence-corrected chi connectivity index (χ0v) is 15.6. The maximum absolute atomic E-state index is 12.9. The van der Waals surface area contributed by atoms with Crippen molar-refractivity contribution in [3.63, 3.8) is 0 Å². The first kappa shape index (κ1) is 18.7. The Morgan fingerprint density at radius 1 is 1.04 bits per heavy atom. The molecule has 0 aliphatic rings. The lowest BCUT2D eigenvalue weighted by Crippen LogP contribution is -2.33. The first-order valence-electron chi connectivity index (χ1n) is 8.95. The lowest BCUT2D eigenvalue weighted by Gasteiger charge is -2.20. The van der Waals surface area contributed by atoms with Gasteiger partial charge in [0.25, 0.3) is 5.91 Å². The summed E-state index contributed by atoms with van der Waals surface area (Å²) in [5.74, 6) is -0.135. The topological polar surface area (TPSA) is 66.3 Å². The summed E-state index contributed by atoms with van der Waals surface area (Å²) in [4.78, 5) is 23.6. The van der Waals surface area contributed by atoms with Gasteiger partial charge in [-0.3, -0.25) is 4.79 Å². The molecule has 5 nitrogen and oxygen atoms in total. The van der Waals surface area contributed by atoms with Crippen LogP contribution in [0.4, 0.5) is 0 Å². The van der Waals surface area contributed by atoms with Gasteiger partial charge in [0.15, 0.2) is 0 Å². The molecule has 0 bridgehead atoms. The molecule has 0 atom stereocenters. The van der Waals surface area contributed by atoms with E-state index in [0.29, 0.717) is 17.6 Å².